The molecule has 0 spiro atoms. The second kappa shape index (κ2) is 7.04. The number of para-hydroxylation sites is 1. The van der Waals surface area contributed by atoms with Gasteiger partial charge in [-0.25, -0.2) is 4.79 Å². The molecule has 0 aromatic heterocycles. The molecule has 2 N–H and O–H groups in total. The molecule has 0 saturated heterocycles. The summed E-state index contributed by atoms with van der Waals surface area (Å²) in [5, 5.41) is 5.94. The first-order valence-electron chi connectivity index (χ1n) is 6.60. The summed E-state index contributed by atoms with van der Waals surface area (Å²) in [6.45, 7) is 1.87. The molecule has 0 aliphatic rings. The van der Waals surface area contributed by atoms with Crippen LogP contribution in [-0.2, 0) is 0 Å². The topological polar surface area (TPSA) is 59.6 Å². The van der Waals surface area contributed by atoms with Gasteiger partial charge in [-0.05, 0) is 30.7 Å². The Morgan fingerprint density at radius 3 is 2.23 bits per heavy atom. The first-order valence-corrected chi connectivity index (χ1v) is 6.98. The van der Waals surface area contributed by atoms with Gasteiger partial charge in [0.05, 0.1) is 24.9 Å². The van der Waals surface area contributed by atoms with Crippen molar-refractivity contribution in [1.82, 2.24) is 0 Å². The van der Waals surface area contributed by atoms with Crippen LogP contribution in [0.3, 0.4) is 0 Å². The molecule has 0 heterocycles. The SMILES string of the molecule is COc1cc(C)c(NC(=O)Nc2ccccc2Cl)cc1OC. The summed E-state index contributed by atoms with van der Waals surface area (Å²) in [5.74, 6) is 1.15. The number of carbonyl (C=O) groups excluding carboxylic acids is 1. The second-order valence-electron chi connectivity index (χ2n) is 4.58. The van der Waals surface area contributed by atoms with Crippen LogP contribution in [0.1, 0.15) is 5.56 Å². The van der Waals surface area contributed by atoms with E-state index in [9.17, 15) is 4.79 Å². The summed E-state index contributed by atoms with van der Waals surface area (Å²) in [5.41, 5.74) is 2.02. The molecule has 0 fully saturated rings. The van der Waals surface area contributed by atoms with Gasteiger partial charge in [0.25, 0.3) is 0 Å². The van der Waals surface area contributed by atoms with Crippen molar-refractivity contribution in [2.24, 2.45) is 0 Å². The van der Waals surface area contributed by atoms with E-state index in [2.05, 4.69) is 10.6 Å². The van der Waals surface area contributed by atoms with Crippen LogP contribution in [0.15, 0.2) is 36.4 Å². The Morgan fingerprint density at radius 1 is 1.00 bits per heavy atom. The number of hydrogen-bond donors (Lipinski definition) is 2. The molecule has 22 heavy (non-hydrogen) atoms. The molecule has 116 valence electrons. The van der Waals surface area contributed by atoms with Crippen molar-refractivity contribution >= 4 is 29.0 Å². The lowest BCUT2D eigenvalue weighted by Gasteiger charge is -2.14. The van der Waals surface area contributed by atoms with Gasteiger partial charge in [-0.2, -0.15) is 0 Å². The molecule has 0 radical (unpaired) electrons. The lowest BCUT2D eigenvalue weighted by atomic mass is 10.1. The van der Waals surface area contributed by atoms with E-state index in [1.165, 1.54) is 0 Å². The smallest absolute Gasteiger partial charge is 0.323 e. The monoisotopic (exact) mass is 320 g/mol. The standard InChI is InChI=1S/C16H17ClN2O3/c1-10-8-14(21-2)15(22-3)9-13(10)19-16(20)18-12-7-5-4-6-11(12)17/h4-9H,1-3H3,(H2,18,19,20). The average molecular weight is 321 g/mol. The number of benzene rings is 2. The number of hydrogen-bond acceptors (Lipinski definition) is 3. The molecule has 0 saturated carbocycles. The lowest BCUT2D eigenvalue weighted by molar-refractivity contribution is 0.262. The van der Waals surface area contributed by atoms with Gasteiger partial charge < -0.3 is 20.1 Å². The summed E-state index contributed by atoms with van der Waals surface area (Å²) in [6.07, 6.45) is 0. The number of aryl methyl sites for hydroxylation is 1. The van der Waals surface area contributed by atoms with Crippen molar-refractivity contribution in [2.75, 3.05) is 24.9 Å². The zero-order chi connectivity index (χ0) is 16.1. The first kappa shape index (κ1) is 16.0. The molecule has 0 bridgehead atoms. The van der Waals surface area contributed by atoms with E-state index < -0.39 is 0 Å². The highest BCUT2D eigenvalue weighted by molar-refractivity contribution is 6.33. The van der Waals surface area contributed by atoms with Crippen LogP contribution in [-0.4, -0.2) is 20.3 Å². The molecular formula is C16H17ClN2O3. The summed E-state index contributed by atoms with van der Waals surface area (Å²) < 4.78 is 10.5. The van der Waals surface area contributed by atoms with Crippen LogP contribution in [0.25, 0.3) is 0 Å². The average Bonchev–Trinajstić information content (AvgIpc) is 2.51. The maximum Gasteiger partial charge on any atom is 0.323 e. The van der Waals surface area contributed by atoms with Gasteiger partial charge in [-0.1, -0.05) is 23.7 Å². The highest BCUT2D eigenvalue weighted by Gasteiger charge is 2.11. The number of halogens is 1. The zero-order valence-corrected chi connectivity index (χ0v) is 13.3. The van der Waals surface area contributed by atoms with Crippen LogP contribution in [0, 0.1) is 6.92 Å². The number of methoxy groups -OCH3 is 2. The fourth-order valence-electron chi connectivity index (χ4n) is 1.95. The van der Waals surface area contributed by atoms with E-state index in [1.54, 1.807) is 50.6 Å². The van der Waals surface area contributed by atoms with Crippen molar-refractivity contribution in [1.29, 1.82) is 0 Å². The van der Waals surface area contributed by atoms with E-state index >= 15 is 0 Å². The predicted octanol–water partition coefficient (Wildman–Crippen LogP) is 4.31. The number of amides is 2. The Balaban J connectivity index is 2.16. The van der Waals surface area contributed by atoms with Gasteiger partial charge in [0.1, 0.15) is 0 Å². The number of ether oxygens (including phenoxy) is 2. The first-order chi connectivity index (χ1) is 10.5. The van der Waals surface area contributed by atoms with Crippen LogP contribution < -0.4 is 20.1 Å². The molecule has 2 amide bonds. The molecule has 0 atom stereocenters. The van der Waals surface area contributed by atoms with Gasteiger partial charge in [0, 0.05) is 11.8 Å². The summed E-state index contributed by atoms with van der Waals surface area (Å²) in [7, 11) is 3.11. The third-order valence-corrected chi connectivity index (χ3v) is 3.43. The Morgan fingerprint density at radius 2 is 1.59 bits per heavy atom. The maximum atomic E-state index is 12.1. The Kier molecular flexibility index (Phi) is 5.12. The van der Waals surface area contributed by atoms with Gasteiger partial charge in [0.15, 0.2) is 11.5 Å². The number of carbonyl (C=O) groups is 1. The fraction of sp³-hybridized carbons (Fsp3) is 0.188. The summed E-state index contributed by atoms with van der Waals surface area (Å²) in [6, 6.07) is 10.1. The van der Waals surface area contributed by atoms with Crippen molar-refractivity contribution < 1.29 is 14.3 Å². The third-order valence-electron chi connectivity index (χ3n) is 3.10. The predicted molar refractivity (Wildman–Crippen MR) is 88.4 cm³/mol. The quantitative estimate of drug-likeness (QED) is 0.882. The lowest BCUT2D eigenvalue weighted by Crippen LogP contribution is -2.20. The molecule has 0 aliphatic heterocycles. The Labute approximate surface area is 134 Å². The normalized spacial score (nSPS) is 10.0. The van der Waals surface area contributed by atoms with E-state index in [-0.39, 0.29) is 6.03 Å². The summed E-state index contributed by atoms with van der Waals surface area (Å²) in [4.78, 5) is 12.1. The molecule has 2 rings (SSSR count). The Hall–Kier alpha value is -2.40. The molecule has 6 heteroatoms. The van der Waals surface area contributed by atoms with E-state index in [0.717, 1.165) is 5.56 Å². The second-order valence-corrected chi connectivity index (χ2v) is 4.99. The number of rotatable bonds is 4. The zero-order valence-electron chi connectivity index (χ0n) is 12.6. The highest BCUT2D eigenvalue weighted by Crippen LogP contribution is 2.33. The van der Waals surface area contributed by atoms with Crippen LogP contribution in [0.4, 0.5) is 16.2 Å². The van der Waals surface area contributed by atoms with E-state index in [0.29, 0.717) is 27.9 Å². The number of urea groups is 1. The Bertz CT molecular complexity index is 689. The van der Waals surface area contributed by atoms with Gasteiger partial charge in [0.2, 0.25) is 0 Å². The van der Waals surface area contributed by atoms with Gasteiger partial charge >= 0.3 is 6.03 Å². The van der Waals surface area contributed by atoms with E-state index in [1.807, 2.05) is 6.92 Å². The molecule has 0 unspecified atom stereocenters. The minimum Gasteiger partial charge on any atom is -0.493 e. The fourth-order valence-corrected chi connectivity index (χ4v) is 2.14. The molecular weight excluding hydrogens is 304 g/mol. The van der Waals surface area contributed by atoms with Gasteiger partial charge in [-0.15, -0.1) is 0 Å². The third kappa shape index (κ3) is 3.62. The molecule has 2 aromatic rings. The van der Waals surface area contributed by atoms with Crippen LogP contribution in [0.2, 0.25) is 5.02 Å². The van der Waals surface area contributed by atoms with Crippen LogP contribution >= 0.6 is 11.6 Å². The molecule has 0 aliphatic carbocycles. The van der Waals surface area contributed by atoms with Crippen molar-refractivity contribution in [3.8, 4) is 11.5 Å². The largest absolute Gasteiger partial charge is 0.493 e. The number of anilines is 2. The summed E-state index contributed by atoms with van der Waals surface area (Å²) >= 11 is 6.01. The minimum atomic E-state index is -0.386. The molecule has 2 aromatic carbocycles. The van der Waals surface area contributed by atoms with Gasteiger partial charge in [-0.3, -0.25) is 0 Å². The van der Waals surface area contributed by atoms with Crippen LogP contribution in [0.5, 0.6) is 11.5 Å². The van der Waals surface area contributed by atoms with Crippen molar-refractivity contribution in [3.63, 3.8) is 0 Å². The van der Waals surface area contributed by atoms with Crippen molar-refractivity contribution in [2.45, 2.75) is 6.92 Å². The number of nitrogens with one attached hydrogen (secondary N) is 2. The minimum absolute atomic E-state index is 0.386. The van der Waals surface area contributed by atoms with E-state index in [4.69, 9.17) is 21.1 Å². The highest BCUT2D eigenvalue weighted by atomic mass is 35.5. The molecule has 5 nitrogen and oxygen atoms in total. The maximum absolute atomic E-state index is 12.1. The van der Waals surface area contributed by atoms with Crippen molar-refractivity contribution in [3.05, 3.63) is 47.0 Å².